The van der Waals surface area contributed by atoms with Crippen LogP contribution in [-0.4, -0.2) is 42.7 Å². The normalized spacial score (nSPS) is 11.6. The number of esters is 1. The summed E-state index contributed by atoms with van der Waals surface area (Å²) in [6.07, 6.45) is 8.27. The van der Waals surface area contributed by atoms with Gasteiger partial charge in [0.05, 0.1) is 6.61 Å². The fourth-order valence-electron chi connectivity index (χ4n) is 2.15. The van der Waals surface area contributed by atoms with Crippen molar-refractivity contribution in [2.75, 3.05) is 27.9 Å². The van der Waals surface area contributed by atoms with Crippen LogP contribution < -0.4 is 0 Å². The third-order valence-corrected chi connectivity index (χ3v) is 6.39. The topological polar surface area (TPSA) is 54.0 Å². The molecule has 0 aliphatic rings. The van der Waals surface area contributed by atoms with Crippen molar-refractivity contribution in [2.45, 2.75) is 64.3 Å². The van der Waals surface area contributed by atoms with Gasteiger partial charge in [0, 0.05) is 33.8 Å². The zero-order valence-electron chi connectivity index (χ0n) is 14.1. The molecule has 5 nitrogen and oxygen atoms in total. The average molecular weight is 321 g/mol. The Morgan fingerprint density at radius 1 is 0.857 bits per heavy atom. The van der Waals surface area contributed by atoms with E-state index >= 15 is 0 Å². The maximum Gasteiger partial charge on any atom is 0.500 e. The van der Waals surface area contributed by atoms with Gasteiger partial charge in [-0.2, -0.15) is 0 Å². The number of unbranched alkanes of at least 4 members (excludes halogenated alkanes) is 5. The second-order valence-electron chi connectivity index (χ2n) is 5.14. The molecular formula is C15H32O5Si. The van der Waals surface area contributed by atoms with Gasteiger partial charge in [-0.3, -0.25) is 4.79 Å². The number of hydrogen-bond acceptors (Lipinski definition) is 5. The van der Waals surface area contributed by atoms with E-state index in [9.17, 15) is 4.79 Å². The Morgan fingerprint density at radius 2 is 1.43 bits per heavy atom. The maximum atomic E-state index is 11.6. The van der Waals surface area contributed by atoms with Gasteiger partial charge in [-0.05, 0) is 12.8 Å². The first kappa shape index (κ1) is 20.6. The van der Waals surface area contributed by atoms with Crippen LogP contribution >= 0.6 is 0 Å². The van der Waals surface area contributed by atoms with Gasteiger partial charge < -0.3 is 18.0 Å². The average Bonchev–Trinajstić information content (AvgIpc) is 2.51. The minimum absolute atomic E-state index is 0.106. The highest BCUT2D eigenvalue weighted by Gasteiger charge is 2.36. The molecule has 0 spiro atoms. The van der Waals surface area contributed by atoms with E-state index in [2.05, 4.69) is 6.92 Å². The lowest BCUT2D eigenvalue weighted by atomic mass is 10.1. The summed E-state index contributed by atoms with van der Waals surface area (Å²) in [6, 6.07) is 0.654. The zero-order chi connectivity index (χ0) is 16.0. The molecule has 0 amide bonds. The number of ether oxygens (including phenoxy) is 1. The van der Waals surface area contributed by atoms with Crippen molar-refractivity contribution in [3.63, 3.8) is 0 Å². The molecule has 0 aromatic heterocycles. The lowest BCUT2D eigenvalue weighted by Crippen LogP contribution is -2.42. The van der Waals surface area contributed by atoms with Gasteiger partial charge in [-0.1, -0.05) is 39.0 Å². The molecule has 126 valence electrons. The molecule has 0 bridgehead atoms. The molecule has 0 N–H and O–H groups in total. The number of rotatable bonds is 14. The molecule has 0 heterocycles. The smallest absolute Gasteiger partial charge is 0.466 e. The Morgan fingerprint density at radius 3 is 2.00 bits per heavy atom. The fourth-order valence-corrected chi connectivity index (χ4v) is 3.84. The summed E-state index contributed by atoms with van der Waals surface area (Å²) in [5.41, 5.74) is 0. The fraction of sp³-hybridized carbons (Fsp3) is 0.933. The lowest BCUT2D eigenvalue weighted by Gasteiger charge is -2.24. The van der Waals surface area contributed by atoms with Crippen molar-refractivity contribution in [3.8, 4) is 0 Å². The summed E-state index contributed by atoms with van der Waals surface area (Å²) >= 11 is 0. The monoisotopic (exact) mass is 320 g/mol. The third kappa shape index (κ3) is 10.0. The van der Waals surface area contributed by atoms with Crippen LogP contribution in [0, 0.1) is 0 Å². The van der Waals surface area contributed by atoms with Crippen molar-refractivity contribution in [1.82, 2.24) is 0 Å². The van der Waals surface area contributed by atoms with E-state index < -0.39 is 8.80 Å². The summed E-state index contributed by atoms with van der Waals surface area (Å²) in [7, 11) is 2.24. The highest BCUT2D eigenvalue weighted by molar-refractivity contribution is 6.60. The van der Waals surface area contributed by atoms with Crippen molar-refractivity contribution in [3.05, 3.63) is 0 Å². The predicted octanol–water partition coefficient (Wildman–Crippen LogP) is 3.55. The van der Waals surface area contributed by atoms with Crippen molar-refractivity contribution in [2.24, 2.45) is 0 Å². The Balaban J connectivity index is 3.57. The van der Waals surface area contributed by atoms with E-state index in [1.807, 2.05) is 0 Å². The van der Waals surface area contributed by atoms with Gasteiger partial charge in [0.2, 0.25) is 0 Å². The number of hydrogen-bond donors (Lipinski definition) is 0. The van der Waals surface area contributed by atoms with E-state index in [0.717, 1.165) is 12.8 Å². The molecule has 0 unspecified atom stereocenters. The van der Waals surface area contributed by atoms with E-state index in [0.29, 0.717) is 25.5 Å². The summed E-state index contributed by atoms with van der Waals surface area (Å²) in [5, 5.41) is 0. The van der Waals surface area contributed by atoms with Crippen LogP contribution in [0.15, 0.2) is 0 Å². The zero-order valence-corrected chi connectivity index (χ0v) is 15.1. The highest BCUT2D eigenvalue weighted by Crippen LogP contribution is 2.15. The van der Waals surface area contributed by atoms with Gasteiger partial charge in [-0.15, -0.1) is 0 Å². The van der Waals surface area contributed by atoms with Crippen LogP contribution in [0.3, 0.4) is 0 Å². The number of carbonyl (C=O) groups is 1. The summed E-state index contributed by atoms with van der Waals surface area (Å²) < 4.78 is 21.1. The summed E-state index contributed by atoms with van der Waals surface area (Å²) in [6.45, 7) is 2.60. The molecule has 0 saturated carbocycles. The van der Waals surface area contributed by atoms with Crippen molar-refractivity contribution >= 4 is 14.8 Å². The Bertz CT molecular complexity index is 248. The highest BCUT2D eigenvalue weighted by atomic mass is 28.4. The molecule has 0 saturated heterocycles. The third-order valence-electron chi connectivity index (χ3n) is 3.56. The second kappa shape index (κ2) is 13.2. The molecule has 0 rings (SSSR count). The molecule has 0 radical (unpaired) electrons. The predicted molar refractivity (Wildman–Crippen MR) is 85.2 cm³/mol. The van der Waals surface area contributed by atoms with Crippen LogP contribution in [0.4, 0.5) is 0 Å². The van der Waals surface area contributed by atoms with Crippen molar-refractivity contribution in [1.29, 1.82) is 0 Å². The second-order valence-corrected chi connectivity index (χ2v) is 8.23. The Kier molecular flexibility index (Phi) is 13.0. The Hall–Kier alpha value is -0.433. The molecule has 0 atom stereocenters. The standard InChI is InChI=1S/C15H32O5Si/c1-5-6-7-8-9-10-12-15(16)20-13-11-14-21(17-2,18-3)19-4/h5-14H2,1-4H3. The van der Waals surface area contributed by atoms with Gasteiger partial charge in [0.1, 0.15) is 0 Å². The van der Waals surface area contributed by atoms with E-state index in [-0.39, 0.29) is 5.97 Å². The van der Waals surface area contributed by atoms with Gasteiger partial charge in [-0.25, -0.2) is 0 Å². The van der Waals surface area contributed by atoms with Crippen molar-refractivity contribution < 1.29 is 22.8 Å². The molecule has 0 aliphatic heterocycles. The molecule has 6 heteroatoms. The minimum Gasteiger partial charge on any atom is -0.466 e. The summed E-state index contributed by atoms with van der Waals surface area (Å²) in [5.74, 6) is -0.106. The number of carbonyl (C=O) groups excluding carboxylic acids is 1. The minimum atomic E-state index is -2.52. The quantitative estimate of drug-likeness (QED) is 0.278. The van der Waals surface area contributed by atoms with E-state index in [1.54, 1.807) is 21.3 Å². The first-order valence-electron chi connectivity index (χ1n) is 7.95. The van der Waals surface area contributed by atoms with Crippen LogP contribution in [0.2, 0.25) is 6.04 Å². The van der Waals surface area contributed by atoms with Gasteiger partial charge in [0.25, 0.3) is 0 Å². The molecule has 0 fully saturated rings. The Labute approximate surface area is 130 Å². The SMILES string of the molecule is CCCCCCCCC(=O)OCCC[Si](OC)(OC)OC. The molecule has 0 aromatic rings. The molecule has 21 heavy (non-hydrogen) atoms. The molecule has 0 aromatic carbocycles. The van der Waals surface area contributed by atoms with Crippen LogP contribution in [0.25, 0.3) is 0 Å². The lowest BCUT2D eigenvalue weighted by molar-refractivity contribution is -0.143. The van der Waals surface area contributed by atoms with E-state index in [1.165, 1.54) is 25.7 Å². The van der Waals surface area contributed by atoms with E-state index in [4.69, 9.17) is 18.0 Å². The summed E-state index contributed by atoms with van der Waals surface area (Å²) in [4.78, 5) is 11.6. The maximum absolute atomic E-state index is 11.6. The van der Waals surface area contributed by atoms with Gasteiger partial charge in [0.15, 0.2) is 0 Å². The van der Waals surface area contributed by atoms with Crippen LogP contribution in [0.5, 0.6) is 0 Å². The van der Waals surface area contributed by atoms with Crippen LogP contribution in [-0.2, 0) is 22.8 Å². The molecule has 0 aliphatic carbocycles. The van der Waals surface area contributed by atoms with Crippen LogP contribution in [0.1, 0.15) is 58.3 Å². The molecular weight excluding hydrogens is 288 g/mol. The van der Waals surface area contributed by atoms with Gasteiger partial charge >= 0.3 is 14.8 Å². The first-order chi connectivity index (χ1) is 10.1. The largest absolute Gasteiger partial charge is 0.500 e. The first-order valence-corrected chi connectivity index (χ1v) is 9.88.